The number of carbonyl (C=O) groups is 1. The quantitative estimate of drug-likeness (QED) is 0.665. The molecule has 116 valence electrons. The zero-order valence-corrected chi connectivity index (χ0v) is 15.3. The molecule has 0 aliphatic carbocycles. The number of hydrogen-bond donors (Lipinski definition) is 1. The summed E-state index contributed by atoms with van der Waals surface area (Å²) in [6.07, 6.45) is 0. The van der Waals surface area contributed by atoms with Gasteiger partial charge in [0.2, 0.25) is 5.91 Å². The second-order valence-electron chi connectivity index (χ2n) is 4.66. The Bertz CT molecular complexity index is 602. The van der Waals surface area contributed by atoms with E-state index >= 15 is 0 Å². The van der Waals surface area contributed by atoms with Gasteiger partial charge in [-0.3, -0.25) is 4.79 Å². The van der Waals surface area contributed by atoms with Gasteiger partial charge in [-0.2, -0.15) is 0 Å². The molecule has 2 atom stereocenters. The fraction of sp³-hybridized carbons (Fsp3) is 0.235. The largest absolute Gasteiger partial charge is 0.494 e. The molecule has 2 aromatic rings. The maximum absolute atomic E-state index is 12.3. The van der Waals surface area contributed by atoms with Gasteiger partial charge in [0.25, 0.3) is 0 Å². The van der Waals surface area contributed by atoms with Crippen molar-refractivity contribution in [1.82, 2.24) is 0 Å². The first kappa shape index (κ1) is 17.0. The van der Waals surface area contributed by atoms with Crippen LogP contribution in [0.15, 0.2) is 54.6 Å². The summed E-state index contributed by atoms with van der Waals surface area (Å²) in [5, 5.41) is 2.89. The van der Waals surface area contributed by atoms with Crippen molar-refractivity contribution in [3.63, 3.8) is 0 Å². The molecule has 0 radical (unpaired) electrons. The summed E-state index contributed by atoms with van der Waals surface area (Å²) in [7, 11) is 0. The summed E-state index contributed by atoms with van der Waals surface area (Å²) in [4.78, 5) is 11.8. The molecular weight excluding hydrogens is 410 g/mol. The van der Waals surface area contributed by atoms with Gasteiger partial charge in [-0.15, -0.1) is 0 Å². The van der Waals surface area contributed by atoms with Gasteiger partial charge in [0.15, 0.2) is 0 Å². The lowest BCUT2D eigenvalue weighted by molar-refractivity contribution is -0.115. The van der Waals surface area contributed by atoms with E-state index in [1.165, 1.54) is 0 Å². The number of anilines is 1. The van der Waals surface area contributed by atoms with Crippen molar-refractivity contribution < 1.29 is 9.53 Å². The Morgan fingerprint density at radius 1 is 1.09 bits per heavy atom. The van der Waals surface area contributed by atoms with E-state index < -0.39 is 0 Å². The smallest absolute Gasteiger partial charge is 0.239 e. The van der Waals surface area contributed by atoms with Crippen LogP contribution >= 0.6 is 31.9 Å². The number of alkyl halides is 2. The van der Waals surface area contributed by atoms with E-state index in [9.17, 15) is 4.79 Å². The lowest BCUT2D eigenvalue weighted by atomic mass is 10.1. The summed E-state index contributed by atoms with van der Waals surface area (Å²) in [5.74, 6) is 0.688. The van der Waals surface area contributed by atoms with Gasteiger partial charge in [-0.05, 0) is 36.8 Å². The predicted molar refractivity (Wildman–Crippen MR) is 97.1 cm³/mol. The third kappa shape index (κ3) is 4.58. The highest BCUT2D eigenvalue weighted by atomic mass is 79.9. The maximum atomic E-state index is 12.3. The summed E-state index contributed by atoms with van der Waals surface area (Å²) in [5.41, 5.74) is 1.79. The summed E-state index contributed by atoms with van der Waals surface area (Å²) in [6.45, 7) is 2.56. The molecule has 5 heteroatoms. The van der Waals surface area contributed by atoms with Crippen LogP contribution < -0.4 is 10.1 Å². The summed E-state index contributed by atoms with van der Waals surface area (Å²) >= 11 is 7.03. The standard InChI is InChI=1S/C17H17Br2NO2/c1-2-22-14-10-8-13(9-11-14)20-17(21)16(19)15(18)12-6-4-3-5-7-12/h3-11,15-16H,2H2,1H3,(H,20,21)/t15-,16+/m1/s1. The van der Waals surface area contributed by atoms with E-state index in [-0.39, 0.29) is 15.6 Å². The van der Waals surface area contributed by atoms with Crippen LogP contribution in [0.2, 0.25) is 0 Å². The van der Waals surface area contributed by atoms with Gasteiger partial charge < -0.3 is 10.1 Å². The summed E-state index contributed by atoms with van der Waals surface area (Å²) in [6, 6.07) is 17.2. The number of halogens is 2. The molecule has 2 aromatic carbocycles. The minimum atomic E-state index is -0.374. The van der Waals surface area contributed by atoms with Crippen LogP contribution in [-0.2, 0) is 4.79 Å². The van der Waals surface area contributed by atoms with Crippen LogP contribution in [0.4, 0.5) is 5.69 Å². The van der Waals surface area contributed by atoms with Crippen molar-refractivity contribution in [2.75, 3.05) is 11.9 Å². The van der Waals surface area contributed by atoms with Crippen molar-refractivity contribution in [2.24, 2.45) is 0 Å². The van der Waals surface area contributed by atoms with E-state index in [0.717, 1.165) is 17.0 Å². The highest BCUT2D eigenvalue weighted by Crippen LogP contribution is 2.31. The molecule has 2 rings (SSSR count). The average Bonchev–Trinajstić information content (AvgIpc) is 2.56. The fourth-order valence-electron chi connectivity index (χ4n) is 1.95. The number of nitrogens with one attached hydrogen (secondary N) is 1. The van der Waals surface area contributed by atoms with Crippen molar-refractivity contribution in [3.05, 3.63) is 60.2 Å². The molecule has 0 aliphatic rings. The Morgan fingerprint density at radius 2 is 1.73 bits per heavy atom. The number of hydrogen-bond acceptors (Lipinski definition) is 2. The van der Waals surface area contributed by atoms with Crippen LogP contribution in [0.3, 0.4) is 0 Å². The van der Waals surface area contributed by atoms with Gasteiger partial charge in [0.05, 0.1) is 11.4 Å². The minimum absolute atomic E-state index is 0.101. The number of carbonyl (C=O) groups excluding carboxylic acids is 1. The van der Waals surface area contributed by atoms with E-state index in [0.29, 0.717) is 6.61 Å². The Kier molecular flexibility index (Phi) is 6.46. The molecule has 1 amide bonds. The Hall–Kier alpha value is -1.33. The highest BCUT2D eigenvalue weighted by molar-refractivity contribution is 9.12. The normalized spacial score (nSPS) is 13.2. The van der Waals surface area contributed by atoms with Gasteiger partial charge in [-0.25, -0.2) is 0 Å². The lowest BCUT2D eigenvalue weighted by Crippen LogP contribution is -2.26. The Labute approximate surface area is 147 Å². The van der Waals surface area contributed by atoms with Crippen LogP contribution in [0.1, 0.15) is 17.3 Å². The lowest BCUT2D eigenvalue weighted by Gasteiger charge is -2.17. The first-order valence-corrected chi connectivity index (χ1v) is 8.81. The van der Waals surface area contributed by atoms with Crippen LogP contribution in [0.25, 0.3) is 0 Å². The van der Waals surface area contributed by atoms with Crippen molar-refractivity contribution in [3.8, 4) is 5.75 Å². The molecule has 0 fully saturated rings. The summed E-state index contributed by atoms with van der Waals surface area (Å²) < 4.78 is 5.38. The first-order valence-electron chi connectivity index (χ1n) is 6.98. The Morgan fingerprint density at radius 3 is 2.32 bits per heavy atom. The van der Waals surface area contributed by atoms with Crippen LogP contribution in [0, 0.1) is 0 Å². The second kappa shape index (κ2) is 8.34. The molecule has 0 saturated carbocycles. The van der Waals surface area contributed by atoms with Crippen molar-refractivity contribution in [1.29, 1.82) is 0 Å². The number of amides is 1. The second-order valence-corrected chi connectivity index (χ2v) is 6.63. The number of rotatable bonds is 6. The van der Waals surface area contributed by atoms with Crippen LogP contribution in [0.5, 0.6) is 5.75 Å². The average molecular weight is 427 g/mol. The van der Waals surface area contributed by atoms with Gasteiger partial charge in [0.1, 0.15) is 10.6 Å². The Balaban J connectivity index is 1.99. The number of ether oxygens (including phenoxy) is 1. The van der Waals surface area contributed by atoms with Gasteiger partial charge in [0, 0.05) is 5.69 Å². The fourth-order valence-corrected chi connectivity index (χ4v) is 2.92. The third-order valence-corrected chi connectivity index (χ3v) is 5.77. The van der Waals surface area contributed by atoms with E-state index in [1.807, 2.05) is 61.5 Å². The monoisotopic (exact) mass is 425 g/mol. The van der Waals surface area contributed by atoms with E-state index in [4.69, 9.17) is 4.74 Å². The molecule has 0 heterocycles. The zero-order chi connectivity index (χ0) is 15.9. The van der Waals surface area contributed by atoms with E-state index in [1.54, 1.807) is 0 Å². The molecule has 3 nitrogen and oxygen atoms in total. The molecule has 1 N–H and O–H groups in total. The molecule has 0 unspecified atom stereocenters. The first-order chi connectivity index (χ1) is 10.6. The van der Waals surface area contributed by atoms with Crippen molar-refractivity contribution >= 4 is 43.5 Å². The minimum Gasteiger partial charge on any atom is -0.494 e. The molecule has 0 saturated heterocycles. The topological polar surface area (TPSA) is 38.3 Å². The molecular formula is C17H17Br2NO2. The zero-order valence-electron chi connectivity index (χ0n) is 12.1. The highest BCUT2D eigenvalue weighted by Gasteiger charge is 2.24. The SMILES string of the molecule is CCOc1ccc(NC(=O)[C@@H](Br)[C@H](Br)c2ccccc2)cc1. The van der Waals surface area contributed by atoms with Crippen LogP contribution in [-0.4, -0.2) is 17.3 Å². The van der Waals surface area contributed by atoms with E-state index in [2.05, 4.69) is 37.2 Å². The third-order valence-electron chi connectivity index (χ3n) is 3.06. The molecule has 0 aliphatic heterocycles. The molecule has 0 spiro atoms. The van der Waals surface area contributed by atoms with Gasteiger partial charge in [-0.1, -0.05) is 62.2 Å². The van der Waals surface area contributed by atoms with Gasteiger partial charge >= 0.3 is 0 Å². The number of benzene rings is 2. The molecule has 22 heavy (non-hydrogen) atoms. The maximum Gasteiger partial charge on any atom is 0.239 e. The molecule has 0 aromatic heterocycles. The predicted octanol–water partition coefficient (Wildman–Crippen LogP) is 4.92. The molecule has 0 bridgehead atoms. The van der Waals surface area contributed by atoms with Crippen molar-refractivity contribution in [2.45, 2.75) is 16.6 Å².